The fraction of sp³-hybridized carbons (Fsp3) is 0.923. The van der Waals surface area contributed by atoms with Gasteiger partial charge in [0.25, 0.3) is 0 Å². The maximum absolute atomic E-state index is 12.0. The molecule has 0 N–H and O–H groups in total. The van der Waals surface area contributed by atoms with Crippen LogP contribution in [0, 0.1) is 0 Å². The first-order valence-electron chi connectivity index (χ1n) is 6.60. The maximum Gasteiger partial charge on any atom is 0.338 e. The van der Waals surface area contributed by atoms with Gasteiger partial charge in [0.1, 0.15) is 24.4 Å². The fourth-order valence-electron chi connectivity index (χ4n) is 2.96. The number of ether oxygens (including phenoxy) is 5. The van der Waals surface area contributed by atoms with E-state index in [1.807, 2.05) is 13.8 Å². The zero-order valence-corrected chi connectivity index (χ0v) is 11.8. The Morgan fingerprint density at radius 3 is 2.05 bits per heavy atom. The summed E-state index contributed by atoms with van der Waals surface area (Å²) >= 11 is 0. The fourth-order valence-corrected chi connectivity index (χ4v) is 2.96. The minimum absolute atomic E-state index is 0.341. The standard InChI is InChI=1S/C13H20O6/c1-6-7-8(17-12(2,3)16-7)9-10(11(14)15-6)19-13(4,5)18-9/h6-10H,1-5H3/t6-,7-,8-,9+,10+/m1/s1. The van der Waals surface area contributed by atoms with Gasteiger partial charge in [0.05, 0.1) is 0 Å². The molecule has 0 aromatic rings. The lowest BCUT2D eigenvalue weighted by Gasteiger charge is -2.24. The normalized spacial score (nSPS) is 47.2. The van der Waals surface area contributed by atoms with Crippen molar-refractivity contribution in [3.63, 3.8) is 0 Å². The van der Waals surface area contributed by atoms with Gasteiger partial charge in [0, 0.05) is 0 Å². The van der Waals surface area contributed by atoms with E-state index < -0.39 is 29.8 Å². The number of esters is 1. The second-order valence-corrected chi connectivity index (χ2v) is 6.23. The zero-order chi connectivity index (χ0) is 14.0. The van der Waals surface area contributed by atoms with E-state index in [0.717, 1.165) is 0 Å². The molecule has 0 bridgehead atoms. The average molecular weight is 272 g/mol. The van der Waals surface area contributed by atoms with Crippen LogP contribution in [0.5, 0.6) is 0 Å². The Morgan fingerprint density at radius 2 is 1.37 bits per heavy atom. The Hall–Kier alpha value is -0.690. The summed E-state index contributed by atoms with van der Waals surface area (Å²) in [7, 11) is 0. The van der Waals surface area contributed by atoms with Crippen LogP contribution in [0.1, 0.15) is 34.6 Å². The van der Waals surface area contributed by atoms with Gasteiger partial charge in [-0.05, 0) is 34.6 Å². The molecule has 3 aliphatic heterocycles. The van der Waals surface area contributed by atoms with Crippen molar-refractivity contribution >= 4 is 5.97 Å². The van der Waals surface area contributed by atoms with E-state index in [9.17, 15) is 4.79 Å². The van der Waals surface area contributed by atoms with E-state index in [1.54, 1.807) is 20.8 Å². The third-order valence-corrected chi connectivity index (χ3v) is 3.61. The molecule has 0 unspecified atom stereocenters. The molecule has 3 aliphatic rings. The smallest absolute Gasteiger partial charge is 0.338 e. The van der Waals surface area contributed by atoms with Gasteiger partial charge in [-0.1, -0.05) is 0 Å². The number of hydrogen-bond acceptors (Lipinski definition) is 6. The highest BCUT2D eigenvalue weighted by molar-refractivity contribution is 5.76. The van der Waals surface area contributed by atoms with Gasteiger partial charge in [-0.25, -0.2) is 4.79 Å². The SMILES string of the molecule is C[C@H]1OC(=O)[C@H]2OC(C)(C)O[C@H]2[C@@H]2OC(C)(C)O[C@@H]21. The molecular weight excluding hydrogens is 252 g/mol. The van der Waals surface area contributed by atoms with Crippen LogP contribution in [0.4, 0.5) is 0 Å². The van der Waals surface area contributed by atoms with Crippen molar-refractivity contribution in [2.24, 2.45) is 0 Å². The van der Waals surface area contributed by atoms with Crippen LogP contribution >= 0.6 is 0 Å². The molecule has 6 heteroatoms. The first-order valence-corrected chi connectivity index (χ1v) is 6.60. The highest BCUT2D eigenvalue weighted by Crippen LogP contribution is 2.42. The minimum atomic E-state index is -0.824. The van der Waals surface area contributed by atoms with E-state index in [0.29, 0.717) is 0 Å². The molecule has 5 atom stereocenters. The zero-order valence-electron chi connectivity index (χ0n) is 11.8. The molecule has 3 fully saturated rings. The quantitative estimate of drug-likeness (QED) is 0.612. The molecule has 108 valence electrons. The molecule has 0 aromatic carbocycles. The van der Waals surface area contributed by atoms with Crippen LogP contribution in [0.25, 0.3) is 0 Å². The number of fused-ring (bicyclic) bond motifs is 3. The predicted octanol–water partition coefficient (Wildman–Crippen LogP) is 0.972. The number of rotatable bonds is 0. The van der Waals surface area contributed by atoms with Gasteiger partial charge in [-0.15, -0.1) is 0 Å². The monoisotopic (exact) mass is 272 g/mol. The highest BCUT2D eigenvalue weighted by Gasteiger charge is 2.60. The van der Waals surface area contributed by atoms with Gasteiger partial charge in [0.2, 0.25) is 0 Å². The molecule has 3 saturated heterocycles. The second kappa shape index (κ2) is 3.91. The molecule has 0 spiro atoms. The van der Waals surface area contributed by atoms with Crippen molar-refractivity contribution in [1.82, 2.24) is 0 Å². The van der Waals surface area contributed by atoms with Crippen LogP contribution in [-0.4, -0.2) is 48.1 Å². The van der Waals surface area contributed by atoms with Gasteiger partial charge in [-0.3, -0.25) is 0 Å². The lowest BCUT2D eigenvalue weighted by molar-refractivity contribution is -0.183. The summed E-state index contributed by atoms with van der Waals surface area (Å²) in [5.41, 5.74) is 0. The number of carbonyl (C=O) groups excluding carboxylic acids is 1. The summed E-state index contributed by atoms with van der Waals surface area (Å²) < 4.78 is 28.6. The molecule has 19 heavy (non-hydrogen) atoms. The summed E-state index contributed by atoms with van der Waals surface area (Å²) in [6, 6.07) is 0. The Labute approximate surface area is 112 Å². The molecule has 3 heterocycles. The summed E-state index contributed by atoms with van der Waals surface area (Å²) in [5.74, 6) is -1.95. The van der Waals surface area contributed by atoms with Gasteiger partial charge < -0.3 is 23.7 Å². The largest absolute Gasteiger partial charge is 0.458 e. The molecule has 0 radical (unpaired) electrons. The van der Waals surface area contributed by atoms with Crippen LogP contribution < -0.4 is 0 Å². The maximum atomic E-state index is 12.0. The number of cyclic esters (lactones) is 1. The van der Waals surface area contributed by atoms with Crippen molar-refractivity contribution in [3.8, 4) is 0 Å². The molecule has 6 nitrogen and oxygen atoms in total. The van der Waals surface area contributed by atoms with Crippen molar-refractivity contribution < 1.29 is 28.5 Å². The topological polar surface area (TPSA) is 63.2 Å². The van der Waals surface area contributed by atoms with Crippen LogP contribution in [0.3, 0.4) is 0 Å². The average Bonchev–Trinajstić information content (AvgIpc) is 2.72. The van der Waals surface area contributed by atoms with Crippen molar-refractivity contribution in [2.75, 3.05) is 0 Å². The van der Waals surface area contributed by atoms with E-state index in [2.05, 4.69) is 0 Å². The molecular formula is C13H20O6. The minimum Gasteiger partial charge on any atom is -0.458 e. The first-order chi connectivity index (χ1) is 8.69. The number of carbonyl (C=O) groups is 1. The Bertz CT molecular complexity index is 404. The first kappa shape index (κ1) is 13.3. The van der Waals surface area contributed by atoms with E-state index in [1.165, 1.54) is 0 Å². The van der Waals surface area contributed by atoms with Crippen molar-refractivity contribution in [2.45, 2.75) is 76.7 Å². The highest BCUT2D eigenvalue weighted by atomic mass is 16.8. The summed E-state index contributed by atoms with van der Waals surface area (Å²) in [6.07, 6.45) is -2.36. The predicted molar refractivity (Wildman–Crippen MR) is 63.2 cm³/mol. The molecule has 0 aromatic heterocycles. The lowest BCUT2D eigenvalue weighted by Crippen LogP contribution is -2.43. The molecule has 0 aliphatic carbocycles. The van der Waals surface area contributed by atoms with Crippen LogP contribution in [0.15, 0.2) is 0 Å². The van der Waals surface area contributed by atoms with Gasteiger partial charge >= 0.3 is 5.97 Å². The van der Waals surface area contributed by atoms with E-state index in [4.69, 9.17) is 23.7 Å². The van der Waals surface area contributed by atoms with E-state index in [-0.39, 0.29) is 18.3 Å². The Balaban J connectivity index is 1.94. The van der Waals surface area contributed by atoms with Gasteiger partial charge in [0.15, 0.2) is 17.7 Å². The van der Waals surface area contributed by atoms with Crippen molar-refractivity contribution in [3.05, 3.63) is 0 Å². The van der Waals surface area contributed by atoms with Crippen LogP contribution in [0.2, 0.25) is 0 Å². The second-order valence-electron chi connectivity index (χ2n) is 6.23. The summed E-state index contributed by atoms with van der Waals surface area (Å²) in [4.78, 5) is 12.0. The Kier molecular flexibility index (Phi) is 2.74. The summed E-state index contributed by atoms with van der Waals surface area (Å²) in [6.45, 7) is 9.02. The van der Waals surface area contributed by atoms with Crippen LogP contribution in [-0.2, 0) is 28.5 Å². The molecule has 0 amide bonds. The Morgan fingerprint density at radius 1 is 0.842 bits per heavy atom. The van der Waals surface area contributed by atoms with Crippen molar-refractivity contribution in [1.29, 1.82) is 0 Å². The third kappa shape index (κ3) is 2.16. The van der Waals surface area contributed by atoms with E-state index >= 15 is 0 Å². The molecule has 3 rings (SSSR count). The third-order valence-electron chi connectivity index (χ3n) is 3.61. The molecule has 0 saturated carbocycles. The number of hydrogen-bond donors (Lipinski definition) is 0. The lowest BCUT2D eigenvalue weighted by atomic mass is 10.0. The van der Waals surface area contributed by atoms with Gasteiger partial charge in [-0.2, -0.15) is 0 Å². The summed E-state index contributed by atoms with van der Waals surface area (Å²) in [5, 5.41) is 0.